The molecule has 0 bridgehead atoms. The maximum Gasteiger partial charge on any atom is 0.269 e. The Morgan fingerprint density at radius 1 is 1.50 bits per heavy atom. The smallest absolute Gasteiger partial charge is 0.269 e. The molecule has 0 fully saturated rings. The number of amides is 1. The standard InChI is InChI=1S/C14H21N3O3/c1-11(16(3)14(18)8-5-9-15-2)12-6-4-7-13(10-12)17(19)20/h4,6-7,10-11,15H,5,8-9H2,1-3H3. The Balaban J connectivity index is 2.73. The van der Waals surface area contributed by atoms with Gasteiger partial charge in [0.25, 0.3) is 5.69 Å². The molecule has 0 aliphatic carbocycles. The molecule has 1 amide bonds. The van der Waals surface area contributed by atoms with Crippen LogP contribution in [-0.2, 0) is 4.79 Å². The second kappa shape index (κ2) is 7.59. The lowest BCUT2D eigenvalue weighted by atomic mass is 10.1. The van der Waals surface area contributed by atoms with Crippen molar-refractivity contribution < 1.29 is 9.72 Å². The van der Waals surface area contributed by atoms with Crippen molar-refractivity contribution in [3.63, 3.8) is 0 Å². The Labute approximate surface area is 118 Å². The molecule has 1 rings (SSSR count). The highest BCUT2D eigenvalue weighted by atomic mass is 16.6. The largest absolute Gasteiger partial charge is 0.339 e. The summed E-state index contributed by atoms with van der Waals surface area (Å²) in [7, 11) is 3.57. The maximum atomic E-state index is 12.0. The number of benzene rings is 1. The van der Waals surface area contributed by atoms with E-state index in [1.165, 1.54) is 12.1 Å². The average molecular weight is 279 g/mol. The van der Waals surface area contributed by atoms with E-state index in [0.29, 0.717) is 6.42 Å². The van der Waals surface area contributed by atoms with Crippen LogP contribution in [0.25, 0.3) is 0 Å². The molecule has 20 heavy (non-hydrogen) atoms. The molecule has 0 aromatic heterocycles. The zero-order valence-corrected chi connectivity index (χ0v) is 12.1. The Morgan fingerprint density at radius 2 is 2.20 bits per heavy atom. The van der Waals surface area contributed by atoms with Gasteiger partial charge in [0.2, 0.25) is 5.91 Å². The van der Waals surface area contributed by atoms with Gasteiger partial charge in [-0.15, -0.1) is 0 Å². The van der Waals surface area contributed by atoms with E-state index in [9.17, 15) is 14.9 Å². The van der Waals surface area contributed by atoms with Gasteiger partial charge in [-0.25, -0.2) is 0 Å². The van der Waals surface area contributed by atoms with E-state index in [0.717, 1.165) is 18.5 Å². The molecule has 0 aliphatic rings. The number of carbonyl (C=O) groups excluding carboxylic acids is 1. The van der Waals surface area contributed by atoms with Crippen molar-refractivity contribution in [3.8, 4) is 0 Å². The first kappa shape index (κ1) is 16.1. The Bertz CT molecular complexity index is 476. The maximum absolute atomic E-state index is 12.0. The number of non-ortho nitro benzene ring substituents is 1. The summed E-state index contributed by atoms with van der Waals surface area (Å²) in [5.41, 5.74) is 0.814. The van der Waals surface area contributed by atoms with Crippen LogP contribution in [-0.4, -0.2) is 36.4 Å². The van der Waals surface area contributed by atoms with E-state index in [-0.39, 0.29) is 17.6 Å². The van der Waals surface area contributed by atoms with E-state index in [2.05, 4.69) is 5.32 Å². The number of nitro benzene ring substituents is 1. The third-order valence-electron chi connectivity index (χ3n) is 3.36. The molecule has 1 atom stereocenters. The van der Waals surface area contributed by atoms with Crippen molar-refractivity contribution in [2.75, 3.05) is 20.6 Å². The van der Waals surface area contributed by atoms with Gasteiger partial charge >= 0.3 is 0 Å². The van der Waals surface area contributed by atoms with Crippen LogP contribution >= 0.6 is 0 Å². The Kier molecular flexibility index (Phi) is 6.11. The van der Waals surface area contributed by atoms with Crippen molar-refractivity contribution >= 4 is 11.6 Å². The van der Waals surface area contributed by atoms with E-state index < -0.39 is 4.92 Å². The summed E-state index contributed by atoms with van der Waals surface area (Å²) in [4.78, 5) is 24.0. The number of nitro groups is 1. The van der Waals surface area contributed by atoms with Crippen molar-refractivity contribution in [2.24, 2.45) is 0 Å². The SMILES string of the molecule is CNCCCC(=O)N(C)C(C)c1cccc([N+](=O)[O-])c1. The van der Waals surface area contributed by atoms with Crippen molar-refractivity contribution in [1.82, 2.24) is 10.2 Å². The number of rotatable bonds is 7. The zero-order chi connectivity index (χ0) is 15.1. The molecule has 1 unspecified atom stereocenters. The second-order valence-electron chi connectivity index (χ2n) is 4.74. The van der Waals surface area contributed by atoms with E-state index >= 15 is 0 Å². The minimum Gasteiger partial charge on any atom is -0.339 e. The van der Waals surface area contributed by atoms with Gasteiger partial charge in [-0.1, -0.05) is 12.1 Å². The van der Waals surface area contributed by atoms with Crippen LogP contribution in [0.5, 0.6) is 0 Å². The van der Waals surface area contributed by atoms with Gasteiger partial charge in [-0.3, -0.25) is 14.9 Å². The fourth-order valence-corrected chi connectivity index (χ4v) is 1.93. The van der Waals surface area contributed by atoms with E-state index in [4.69, 9.17) is 0 Å². The number of carbonyl (C=O) groups is 1. The highest BCUT2D eigenvalue weighted by Gasteiger charge is 2.18. The molecular formula is C14H21N3O3. The third-order valence-corrected chi connectivity index (χ3v) is 3.36. The lowest BCUT2D eigenvalue weighted by Gasteiger charge is -2.25. The molecule has 0 radical (unpaired) electrons. The fraction of sp³-hybridized carbons (Fsp3) is 0.500. The number of hydrogen-bond acceptors (Lipinski definition) is 4. The van der Waals surface area contributed by atoms with Crippen LogP contribution in [0, 0.1) is 10.1 Å². The predicted molar refractivity (Wildman–Crippen MR) is 77.4 cm³/mol. The lowest BCUT2D eigenvalue weighted by Crippen LogP contribution is -2.30. The molecule has 1 aromatic rings. The van der Waals surface area contributed by atoms with Gasteiger partial charge in [0, 0.05) is 25.6 Å². The molecule has 6 heteroatoms. The third kappa shape index (κ3) is 4.31. The average Bonchev–Trinajstić information content (AvgIpc) is 2.45. The van der Waals surface area contributed by atoms with Crippen molar-refractivity contribution in [2.45, 2.75) is 25.8 Å². The number of nitrogens with one attached hydrogen (secondary N) is 1. The molecule has 0 aliphatic heterocycles. The number of hydrogen-bond donors (Lipinski definition) is 1. The lowest BCUT2D eigenvalue weighted by molar-refractivity contribution is -0.384. The summed E-state index contributed by atoms with van der Waals surface area (Å²) in [6, 6.07) is 6.22. The van der Waals surface area contributed by atoms with Gasteiger partial charge in [0.05, 0.1) is 11.0 Å². The van der Waals surface area contributed by atoms with Crippen LogP contribution in [0.15, 0.2) is 24.3 Å². The van der Waals surface area contributed by atoms with Crippen LogP contribution in [0.4, 0.5) is 5.69 Å². The second-order valence-corrected chi connectivity index (χ2v) is 4.74. The minimum atomic E-state index is -0.426. The summed E-state index contributed by atoms with van der Waals surface area (Å²) in [6.07, 6.45) is 1.25. The highest BCUT2D eigenvalue weighted by molar-refractivity contribution is 5.76. The highest BCUT2D eigenvalue weighted by Crippen LogP contribution is 2.23. The Morgan fingerprint density at radius 3 is 2.80 bits per heavy atom. The van der Waals surface area contributed by atoms with Crippen LogP contribution in [0.2, 0.25) is 0 Å². The molecule has 0 saturated carbocycles. The summed E-state index contributed by atoms with van der Waals surface area (Å²) in [5, 5.41) is 13.8. The summed E-state index contributed by atoms with van der Waals surface area (Å²) in [6.45, 7) is 2.67. The first-order valence-corrected chi connectivity index (χ1v) is 6.62. The summed E-state index contributed by atoms with van der Waals surface area (Å²) >= 11 is 0. The molecule has 0 saturated heterocycles. The monoisotopic (exact) mass is 279 g/mol. The summed E-state index contributed by atoms with van der Waals surface area (Å²) < 4.78 is 0. The molecule has 6 nitrogen and oxygen atoms in total. The quantitative estimate of drug-likeness (QED) is 0.471. The molecule has 0 heterocycles. The first-order chi connectivity index (χ1) is 9.47. The Hall–Kier alpha value is -1.95. The first-order valence-electron chi connectivity index (χ1n) is 6.62. The summed E-state index contributed by atoms with van der Waals surface area (Å²) in [5.74, 6) is 0.0410. The van der Waals surface area contributed by atoms with Crippen LogP contribution in [0.1, 0.15) is 31.4 Å². The van der Waals surface area contributed by atoms with E-state index in [1.54, 1.807) is 24.1 Å². The van der Waals surface area contributed by atoms with Gasteiger partial charge < -0.3 is 10.2 Å². The molecular weight excluding hydrogens is 258 g/mol. The van der Waals surface area contributed by atoms with E-state index in [1.807, 2.05) is 14.0 Å². The van der Waals surface area contributed by atoms with Gasteiger partial charge in [0.15, 0.2) is 0 Å². The number of nitrogens with zero attached hydrogens (tertiary/aromatic N) is 2. The van der Waals surface area contributed by atoms with Gasteiger partial charge in [-0.05, 0) is 32.5 Å². The topological polar surface area (TPSA) is 75.5 Å². The van der Waals surface area contributed by atoms with Crippen LogP contribution < -0.4 is 5.32 Å². The normalized spacial score (nSPS) is 11.9. The van der Waals surface area contributed by atoms with Gasteiger partial charge in [-0.2, -0.15) is 0 Å². The molecule has 0 spiro atoms. The molecule has 1 aromatic carbocycles. The van der Waals surface area contributed by atoms with Crippen molar-refractivity contribution in [1.29, 1.82) is 0 Å². The molecule has 1 N–H and O–H groups in total. The van der Waals surface area contributed by atoms with Crippen molar-refractivity contribution in [3.05, 3.63) is 39.9 Å². The fourth-order valence-electron chi connectivity index (χ4n) is 1.93. The minimum absolute atomic E-state index is 0.0410. The van der Waals surface area contributed by atoms with Crippen LogP contribution in [0.3, 0.4) is 0 Å². The zero-order valence-electron chi connectivity index (χ0n) is 12.1. The molecule has 110 valence electrons. The van der Waals surface area contributed by atoms with Gasteiger partial charge in [0.1, 0.15) is 0 Å². The predicted octanol–water partition coefficient (Wildman–Crippen LogP) is 2.11.